The molecule has 0 aliphatic rings. The number of benzene rings is 1. The molecule has 0 atom stereocenters. The minimum atomic E-state index is -0.331. The van der Waals surface area contributed by atoms with Crippen LogP contribution in [0.5, 0.6) is 0 Å². The van der Waals surface area contributed by atoms with Crippen molar-refractivity contribution in [2.45, 2.75) is 6.42 Å². The summed E-state index contributed by atoms with van der Waals surface area (Å²) in [4.78, 5) is 33.1. The summed E-state index contributed by atoms with van der Waals surface area (Å²) in [5.74, 6) is -0.609. The van der Waals surface area contributed by atoms with Gasteiger partial charge in [-0.2, -0.15) is 0 Å². The molecule has 0 aromatic heterocycles. The van der Waals surface area contributed by atoms with E-state index in [0.29, 0.717) is 37.2 Å². The molecular weight excluding hydrogens is 260 g/mol. The van der Waals surface area contributed by atoms with Crippen molar-refractivity contribution >= 4 is 23.9 Å². The average Bonchev–Trinajstić information content (AvgIpc) is 2.45. The molecule has 3 amide bonds. The van der Waals surface area contributed by atoms with E-state index in [1.807, 2.05) is 0 Å². The quantitative estimate of drug-likeness (QED) is 0.285. The molecule has 0 aliphatic heterocycles. The first kappa shape index (κ1) is 15.5. The molecule has 0 spiro atoms. The minimum Gasteiger partial charge on any atom is -0.399 e. The van der Waals surface area contributed by atoms with Crippen molar-refractivity contribution in [1.82, 2.24) is 16.0 Å². The van der Waals surface area contributed by atoms with Gasteiger partial charge in [0, 0.05) is 24.3 Å². The largest absolute Gasteiger partial charge is 0.399 e. The van der Waals surface area contributed by atoms with Gasteiger partial charge >= 0.3 is 0 Å². The monoisotopic (exact) mass is 278 g/mol. The van der Waals surface area contributed by atoms with E-state index in [9.17, 15) is 14.4 Å². The maximum atomic E-state index is 11.7. The summed E-state index contributed by atoms with van der Waals surface area (Å²) in [5.41, 5.74) is 6.53. The molecule has 7 nitrogen and oxygen atoms in total. The van der Waals surface area contributed by atoms with Gasteiger partial charge in [-0.1, -0.05) is 0 Å². The van der Waals surface area contributed by atoms with Crippen molar-refractivity contribution in [1.29, 1.82) is 0 Å². The zero-order valence-electron chi connectivity index (χ0n) is 11.0. The Morgan fingerprint density at radius 2 is 1.80 bits per heavy atom. The van der Waals surface area contributed by atoms with Crippen molar-refractivity contribution in [3.8, 4) is 0 Å². The number of anilines is 1. The smallest absolute Gasteiger partial charge is 0.251 e. The highest BCUT2D eigenvalue weighted by Crippen LogP contribution is 2.04. The van der Waals surface area contributed by atoms with Gasteiger partial charge in [-0.3, -0.25) is 14.4 Å². The molecule has 0 saturated carbocycles. The number of carbonyl (C=O) groups is 3. The van der Waals surface area contributed by atoms with Crippen LogP contribution in [-0.4, -0.2) is 37.9 Å². The third-order valence-electron chi connectivity index (χ3n) is 2.49. The SMILES string of the molecule is Nc1ccc(C(=O)NCC(=O)NCCCNC=O)cc1. The van der Waals surface area contributed by atoms with Gasteiger partial charge < -0.3 is 21.7 Å². The average molecular weight is 278 g/mol. The summed E-state index contributed by atoms with van der Waals surface area (Å²) in [6, 6.07) is 6.42. The lowest BCUT2D eigenvalue weighted by molar-refractivity contribution is -0.120. The molecule has 1 rings (SSSR count). The molecule has 7 heteroatoms. The van der Waals surface area contributed by atoms with Crippen molar-refractivity contribution in [3.05, 3.63) is 29.8 Å². The predicted octanol–water partition coefficient (Wildman–Crippen LogP) is -0.749. The Labute approximate surface area is 116 Å². The summed E-state index contributed by atoms with van der Waals surface area (Å²) in [6.07, 6.45) is 1.24. The van der Waals surface area contributed by atoms with Crippen LogP contribution in [0.2, 0.25) is 0 Å². The number of rotatable bonds is 8. The number of hydrogen-bond donors (Lipinski definition) is 4. The Balaban J connectivity index is 2.21. The molecule has 5 N–H and O–H groups in total. The first-order chi connectivity index (χ1) is 9.63. The van der Waals surface area contributed by atoms with Crippen molar-refractivity contribution < 1.29 is 14.4 Å². The zero-order valence-corrected chi connectivity index (χ0v) is 11.0. The van der Waals surface area contributed by atoms with E-state index in [0.717, 1.165) is 0 Å². The van der Waals surface area contributed by atoms with Crippen LogP contribution in [0.15, 0.2) is 24.3 Å². The van der Waals surface area contributed by atoms with E-state index in [1.54, 1.807) is 24.3 Å². The van der Waals surface area contributed by atoms with E-state index in [1.165, 1.54) is 0 Å². The summed E-state index contributed by atoms with van der Waals surface area (Å²) in [6.45, 7) is 0.851. The third kappa shape index (κ3) is 5.85. The molecular formula is C13H18N4O3. The Hall–Kier alpha value is -2.57. The standard InChI is InChI=1S/C13H18N4O3/c14-11-4-2-10(3-5-11)13(20)17-8-12(19)16-7-1-6-15-9-18/h2-5,9H,1,6-8,14H2,(H,15,18)(H,16,19)(H,17,20). The molecule has 108 valence electrons. The molecule has 0 aliphatic carbocycles. The first-order valence-electron chi connectivity index (χ1n) is 6.21. The molecule has 0 heterocycles. The molecule has 0 unspecified atom stereocenters. The molecule has 0 radical (unpaired) electrons. The van der Waals surface area contributed by atoms with Crippen LogP contribution in [0.25, 0.3) is 0 Å². The van der Waals surface area contributed by atoms with Crippen LogP contribution < -0.4 is 21.7 Å². The Bertz CT molecular complexity index is 459. The van der Waals surface area contributed by atoms with E-state index in [4.69, 9.17) is 5.73 Å². The second kappa shape index (κ2) is 8.52. The number of carbonyl (C=O) groups excluding carboxylic acids is 3. The molecule has 1 aromatic rings. The van der Waals surface area contributed by atoms with Gasteiger partial charge in [0.05, 0.1) is 6.54 Å². The molecule has 1 aromatic carbocycles. The number of hydrogen-bond acceptors (Lipinski definition) is 4. The third-order valence-corrected chi connectivity index (χ3v) is 2.49. The normalized spacial score (nSPS) is 9.60. The highest BCUT2D eigenvalue weighted by molar-refractivity contribution is 5.96. The van der Waals surface area contributed by atoms with Crippen LogP contribution in [-0.2, 0) is 9.59 Å². The predicted molar refractivity (Wildman–Crippen MR) is 74.9 cm³/mol. The number of nitrogen functional groups attached to an aromatic ring is 1. The van der Waals surface area contributed by atoms with Crippen LogP contribution in [0, 0.1) is 0 Å². The highest BCUT2D eigenvalue weighted by Gasteiger charge is 2.07. The summed E-state index contributed by atoms with van der Waals surface area (Å²) < 4.78 is 0. The lowest BCUT2D eigenvalue weighted by Gasteiger charge is -2.07. The second-order valence-electron chi connectivity index (χ2n) is 4.08. The zero-order chi connectivity index (χ0) is 14.8. The fourth-order valence-corrected chi connectivity index (χ4v) is 1.44. The maximum Gasteiger partial charge on any atom is 0.251 e. The fraction of sp³-hybridized carbons (Fsp3) is 0.308. The van der Waals surface area contributed by atoms with E-state index in [2.05, 4.69) is 16.0 Å². The van der Waals surface area contributed by atoms with Crippen LogP contribution >= 0.6 is 0 Å². The van der Waals surface area contributed by atoms with Crippen LogP contribution in [0.4, 0.5) is 5.69 Å². The van der Waals surface area contributed by atoms with Crippen molar-refractivity contribution in [2.75, 3.05) is 25.4 Å². The van der Waals surface area contributed by atoms with Gasteiger partial charge in [0.1, 0.15) is 0 Å². The molecule has 0 fully saturated rings. The highest BCUT2D eigenvalue weighted by atomic mass is 16.2. The maximum absolute atomic E-state index is 11.7. The lowest BCUT2D eigenvalue weighted by Crippen LogP contribution is -2.37. The Morgan fingerprint density at radius 3 is 2.45 bits per heavy atom. The summed E-state index contributed by atoms with van der Waals surface area (Å²) >= 11 is 0. The first-order valence-corrected chi connectivity index (χ1v) is 6.21. The summed E-state index contributed by atoms with van der Waals surface area (Å²) in [7, 11) is 0. The molecule has 0 saturated heterocycles. The van der Waals surface area contributed by atoms with Gasteiger partial charge in [0.25, 0.3) is 5.91 Å². The van der Waals surface area contributed by atoms with Crippen LogP contribution in [0.3, 0.4) is 0 Å². The van der Waals surface area contributed by atoms with Crippen LogP contribution in [0.1, 0.15) is 16.8 Å². The van der Waals surface area contributed by atoms with Gasteiger partial charge in [0.2, 0.25) is 12.3 Å². The number of nitrogens with one attached hydrogen (secondary N) is 3. The van der Waals surface area contributed by atoms with E-state index >= 15 is 0 Å². The van der Waals surface area contributed by atoms with Crippen molar-refractivity contribution in [2.24, 2.45) is 0 Å². The fourth-order valence-electron chi connectivity index (χ4n) is 1.44. The Morgan fingerprint density at radius 1 is 1.10 bits per heavy atom. The lowest BCUT2D eigenvalue weighted by atomic mass is 10.2. The number of nitrogens with two attached hydrogens (primary N) is 1. The Kier molecular flexibility index (Phi) is 6.60. The molecule has 20 heavy (non-hydrogen) atoms. The van der Waals surface area contributed by atoms with Crippen molar-refractivity contribution in [3.63, 3.8) is 0 Å². The van der Waals surface area contributed by atoms with E-state index in [-0.39, 0.29) is 18.4 Å². The van der Waals surface area contributed by atoms with Gasteiger partial charge in [-0.15, -0.1) is 0 Å². The number of amides is 3. The van der Waals surface area contributed by atoms with E-state index < -0.39 is 0 Å². The topological polar surface area (TPSA) is 113 Å². The van der Waals surface area contributed by atoms with Gasteiger partial charge in [-0.25, -0.2) is 0 Å². The second-order valence-corrected chi connectivity index (χ2v) is 4.08. The minimum absolute atomic E-state index is 0.0929. The van der Waals surface area contributed by atoms with Gasteiger partial charge in [-0.05, 0) is 30.7 Å². The van der Waals surface area contributed by atoms with Gasteiger partial charge in [0.15, 0.2) is 0 Å². The molecule has 0 bridgehead atoms. The summed E-state index contributed by atoms with van der Waals surface area (Å²) in [5, 5.41) is 7.62.